The van der Waals surface area contributed by atoms with Gasteiger partial charge in [0.25, 0.3) is 5.91 Å². The first-order valence-electron chi connectivity index (χ1n) is 14.1. The van der Waals surface area contributed by atoms with E-state index in [1.54, 1.807) is 85.8 Å². The van der Waals surface area contributed by atoms with Crippen LogP contribution in [0.15, 0.2) is 109 Å². The maximum atomic E-state index is 13.4. The molecule has 4 rings (SSSR count). The van der Waals surface area contributed by atoms with Crippen LogP contribution < -0.4 is 5.32 Å². The average molecular weight is 618 g/mol. The number of amides is 1. The van der Waals surface area contributed by atoms with Crippen molar-refractivity contribution in [1.29, 1.82) is 0 Å². The van der Waals surface area contributed by atoms with Crippen LogP contribution in [0, 0.1) is 0 Å². The summed E-state index contributed by atoms with van der Waals surface area (Å²) in [6.07, 6.45) is 2.84. The summed E-state index contributed by atoms with van der Waals surface area (Å²) in [5.41, 5.74) is -0.143. The number of allylic oxidation sites excluding steroid dienone is 4. The highest BCUT2D eigenvalue weighted by atomic mass is 19.4. The lowest BCUT2D eigenvalue weighted by Gasteiger charge is -2.25. The predicted octanol–water partition coefficient (Wildman–Crippen LogP) is 6.40. The van der Waals surface area contributed by atoms with Gasteiger partial charge in [-0.25, -0.2) is 0 Å². The molecule has 0 aliphatic heterocycles. The van der Waals surface area contributed by atoms with Gasteiger partial charge in [-0.2, -0.15) is 13.2 Å². The fourth-order valence-electron chi connectivity index (χ4n) is 4.75. The fourth-order valence-corrected chi connectivity index (χ4v) is 4.75. The van der Waals surface area contributed by atoms with Gasteiger partial charge in [0.1, 0.15) is 12.9 Å². The van der Waals surface area contributed by atoms with Gasteiger partial charge in [-0.3, -0.25) is 14.4 Å². The van der Waals surface area contributed by atoms with Crippen LogP contribution in [0.2, 0.25) is 0 Å². The molecule has 232 valence electrons. The Hall–Kier alpha value is -5.25. The van der Waals surface area contributed by atoms with Crippen LogP contribution in [0.1, 0.15) is 35.6 Å². The zero-order chi connectivity index (χ0) is 32.5. The van der Waals surface area contributed by atoms with Crippen molar-refractivity contribution < 1.29 is 41.8 Å². The lowest BCUT2D eigenvalue weighted by atomic mass is 9.82. The Balaban J connectivity index is 1.48. The van der Waals surface area contributed by atoms with Crippen LogP contribution in [-0.2, 0) is 46.7 Å². The Morgan fingerprint density at radius 3 is 2.29 bits per heavy atom. The smallest absolute Gasteiger partial charge is 0.416 e. The van der Waals surface area contributed by atoms with E-state index in [2.05, 4.69) is 5.32 Å². The Kier molecular flexibility index (Phi) is 10.5. The zero-order valence-corrected chi connectivity index (χ0v) is 24.3. The molecule has 1 atom stereocenters. The molecule has 0 saturated heterocycles. The molecule has 1 N–H and O–H groups in total. The maximum Gasteiger partial charge on any atom is 0.416 e. The lowest BCUT2D eigenvalue weighted by molar-refractivity contribution is -0.158. The van der Waals surface area contributed by atoms with Gasteiger partial charge < -0.3 is 19.6 Å². The van der Waals surface area contributed by atoms with Crippen molar-refractivity contribution in [3.05, 3.63) is 131 Å². The summed E-state index contributed by atoms with van der Waals surface area (Å²) in [5, 5.41) is 2.79. The number of aldehydes is 1. The van der Waals surface area contributed by atoms with Gasteiger partial charge in [0.15, 0.2) is 5.41 Å². The van der Waals surface area contributed by atoms with Crippen LogP contribution in [-0.4, -0.2) is 37.3 Å². The molecule has 1 aliphatic rings. The number of anilines is 1. The summed E-state index contributed by atoms with van der Waals surface area (Å²) in [6, 6.07) is 19.3. The number of halogens is 3. The standard InChI is InChI=1S/C35H30F3NO6/c1-2-44-33(43)34(22-40,26-11-5-3-6-12-26)23-45-31(41)21-24-10-9-13-28(20-24)39-32(42)30-15-8-4-7-14-29(30)25-16-18-27(19-17-25)35(36,37)38/h3-13,15-20,22H,2,14,21,23H2,1H3,(H,39,42). The number of carbonyl (C=O) groups excluding carboxylic acids is 4. The molecule has 0 fully saturated rings. The third-order valence-corrected chi connectivity index (χ3v) is 7.09. The zero-order valence-electron chi connectivity index (χ0n) is 24.3. The van der Waals surface area contributed by atoms with E-state index in [9.17, 15) is 32.3 Å². The fraction of sp³-hybridized carbons (Fsp3) is 0.200. The second-order valence-corrected chi connectivity index (χ2v) is 10.1. The third-order valence-electron chi connectivity index (χ3n) is 7.09. The van der Waals surface area contributed by atoms with Gasteiger partial charge in [-0.15, -0.1) is 0 Å². The molecular formula is C35H30F3NO6. The molecule has 0 aromatic heterocycles. The highest BCUT2D eigenvalue weighted by Crippen LogP contribution is 2.32. The number of nitrogens with one attached hydrogen (secondary N) is 1. The van der Waals surface area contributed by atoms with E-state index < -0.39 is 41.6 Å². The SMILES string of the molecule is CCOC(=O)C(C=O)(COC(=O)Cc1cccc(NC(=O)C2=C(c3ccc(C(F)(F)F)cc3)CC=CC=C2)c1)c1ccccc1. The monoisotopic (exact) mass is 617 g/mol. The number of esters is 2. The molecule has 0 bridgehead atoms. The van der Waals surface area contributed by atoms with E-state index in [1.807, 2.05) is 0 Å². The molecule has 0 saturated carbocycles. The Morgan fingerprint density at radius 1 is 0.889 bits per heavy atom. The van der Waals surface area contributed by atoms with Crippen molar-refractivity contribution in [1.82, 2.24) is 0 Å². The van der Waals surface area contributed by atoms with E-state index in [0.29, 0.717) is 40.7 Å². The minimum Gasteiger partial charge on any atom is -0.465 e. The van der Waals surface area contributed by atoms with Crippen LogP contribution in [0.5, 0.6) is 0 Å². The number of rotatable bonds is 11. The summed E-state index contributed by atoms with van der Waals surface area (Å²) in [7, 11) is 0. The molecule has 0 radical (unpaired) electrons. The first-order chi connectivity index (χ1) is 21.6. The van der Waals surface area contributed by atoms with Crippen LogP contribution in [0.3, 0.4) is 0 Å². The predicted molar refractivity (Wildman–Crippen MR) is 162 cm³/mol. The Morgan fingerprint density at radius 2 is 1.62 bits per heavy atom. The molecule has 45 heavy (non-hydrogen) atoms. The molecule has 3 aromatic carbocycles. The van der Waals surface area contributed by atoms with Crippen LogP contribution in [0.4, 0.5) is 18.9 Å². The van der Waals surface area contributed by atoms with Crippen LogP contribution in [0.25, 0.3) is 5.57 Å². The molecular weight excluding hydrogens is 587 g/mol. The molecule has 1 amide bonds. The maximum absolute atomic E-state index is 13.4. The number of hydrogen-bond acceptors (Lipinski definition) is 6. The van der Waals surface area contributed by atoms with E-state index in [-0.39, 0.29) is 18.6 Å². The molecule has 1 unspecified atom stereocenters. The van der Waals surface area contributed by atoms with Crippen molar-refractivity contribution >= 4 is 35.4 Å². The van der Waals surface area contributed by atoms with Gasteiger partial charge in [0.2, 0.25) is 0 Å². The molecule has 3 aromatic rings. The Labute approximate surface area is 258 Å². The lowest BCUT2D eigenvalue weighted by Crippen LogP contribution is -2.44. The van der Waals surface area contributed by atoms with Crippen molar-refractivity contribution in [2.24, 2.45) is 0 Å². The van der Waals surface area contributed by atoms with Crippen molar-refractivity contribution in [3.8, 4) is 0 Å². The Bertz CT molecular complexity index is 1640. The molecule has 1 aliphatic carbocycles. The number of hydrogen-bond donors (Lipinski definition) is 1. The minimum absolute atomic E-state index is 0.0305. The quantitative estimate of drug-likeness (QED) is 0.152. The number of carbonyl (C=O) groups is 4. The normalized spacial score (nSPS) is 14.2. The second-order valence-electron chi connectivity index (χ2n) is 10.1. The van der Waals surface area contributed by atoms with Crippen molar-refractivity contribution in [2.45, 2.75) is 31.4 Å². The summed E-state index contributed by atoms with van der Waals surface area (Å²) < 4.78 is 49.7. The highest BCUT2D eigenvalue weighted by Gasteiger charge is 2.43. The van der Waals surface area contributed by atoms with Crippen LogP contribution >= 0.6 is 0 Å². The molecule has 7 nitrogen and oxygen atoms in total. The van der Waals surface area contributed by atoms with Gasteiger partial charge >= 0.3 is 18.1 Å². The first kappa shape index (κ1) is 32.7. The van der Waals surface area contributed by atoms with E-state index in [4.69, 9.17) is 9.47 Å². The third kappa shape index (κ3) is 8.03. The number of benzene rings is 3. The highest BCUT2D eigenvalue weighted by molar-refractivity contribution is 6.11. The summed E-state index contributed by atoms with van der Waals surface area (Å²) >= 11 is 0. The number of alkyl halides is 3. The van der Waals surface area contributed by atoms with E-state index in [1.165, 1.54) is 12.1 Å². The first-order valence-corrected chi connectivity index (χ1v) is 14.1. The minimum atomic E-state index is -4.48. The summed E-state index contributed by atoms with van der Waals surface area (Å²) in [6.45, 7) is 1.07. The van der Waals surface area contributed by atoms with E-state index >= 15 is 0 Å². The summed E-state index contributed by atoms with van der Waals surface area (Å²) in [5.74, 6) is -2.04. The molecule has 0 heterocycles. The largest absolute Gasteiger partial charge is 0.465 e. The topological polar surface area (TPSA) is 98.8 Å². The van der Waals surface area contributed by atoms with Crippen molar-refractivity contribution in [2.75, 3.05) is 18.5 Å². The summed E-state index contributed by atoms with van der Waals surface area (Å²) in [4.78, 5) is 51.2. The van der Waals surface area contributed by atoms with Gasteiger partial charge in [-0.05, 0) is 65.9 Å². The van der Waals surface area contributed by atoms with Gasteiger partial charge in [0.05, 0.1) is 18.6 Å². The number of ether oxygens (including phenoxy) is 2. The average Bonchev–Trinajstić information content (AvgIpc) is 3.29. The van der Waals surface area contributed by atoms with E-state index in [0.717, 1.165) is 12.1 Å². The van der Waals surface area contributed by atoms with Gasteiger partial charge in [-0.1, -0.05) is 72.8 Å². The van der Waals surface area contributed by atoms with Gasteiger partial charge in [0, 0.05) is 11.3 Å². The molecule has 10 heteroatoms. The van der Waals surface area contributed by atoms with Crippen molar-refractivity contribution in [3.63, 3.8) is 0 Å². The second kappa shape index (κ2) is 14.5. The molecule has 0 spiro atoms.